The number of aromatic nitrogens is 2. The molecule has 3 nitrogen and oxygen atoms in total. The van der Waals surface area contributed by atoms with Gasteiger partial charge in [-0.15, -0.1) is 0 Å². The summed E-state index contributed by atoms with van der Waals surface area (Å²) in [6.45, 7) is 6.95. The molecule has 1 unspecified atom stereocenters. The van der Waals surface area contributed by atoms with E-state index in [0.717, 1.165) is 0 Å². The van der Waals surface area contributed by atoms with Crippen LogP contribution in [0.25, 0.3) is 0 Å². The zero-order chi connectivity index (χ0) is 11.6. The number of hydrogen-bond donors (Lipinski definition) is 2. The van der Waals surface area contributed by atoms with E-state index in [2.05, 4.69) is 36.3 Å². The van der Waals surface area contributed by atoms with E-state index in [1.807, 2.05) is 12.3 Å². The van der Waals surface area contributed by atoms with E-state index in [-0.39, 0.29) is 0 Å². The third kappa shape index (κ3) is 2.85. The van der Waals surface area contributed by atoms with Crippen LogP contribution in [0.4, 0.5) is 0 Å². The molecule has 3 heteroatoms. The number of aromatic amines is 1. The largest absolute Gasteiger partial charge is 0.306 e. The van der Waals surface area contributed by atoms with Gasteiger partial charge in [-0.25, -0.2) is 0 Å². The van der Waals surface area contributed by atoms with Gasteiger partial charge in [0, 0.05) is 18.3 Å². The molecule has 0 bridgehead atoms. The Morgan fingerprint density at radius 1 is 1.44 bits per heavy atom. The van der Waals surface area contributed by atoms with Gasteiger partial charge in [-0.3, -0.25) is 5.10 Å². The van der Waals surface area contributed by atoms with Gasteiger partial charge >= 0.3 is 0 Å². The highest BCUT2D eigenvalue weighted by molar-refractivity contribution is 5.03. The summed E-state index contributed by atoms with van der Waals surface area (Å²) in [5.74, 6) is 0. The fourth-order valence-electron chi connectivity index (χ4n) is 2.52. The Morgan fingerprint density at radius 3 is 2.69 bits per heavy atom. The number of nitrogens with one attached hydrogen (secondary N) is 2. The molecule has 0 amide bonds. The molecule has 1 aromatic rings. The SMILES string of the molecule is CC(NC1CCC(C)(C)CC1)c1ccn[nH]1. The van der Waals surface area contributed by atoms with E-state index in [1.165, 1.54) is 31.4 Å². The Morgan fingerprint density at radius 2 is 2.12 bits per heavy atom. The maximum atomic E-state index is 3.99. The van der Waals surface area contributed by atoms with Crippen LogP contribution >= 0.6 is 0 Å². The lowest BCUT2D eigenvalue weighted by Gasteiger charge is -2.35. The molecular weight excluding hydrogens is 198 g/mol. The summed E-state index contributed by atoms with van der Waals surface area (Å²) in [6, 6.07) is 3.10. The van der Waals surface area contributed by atoms with E-state index in [9.17, 15) is 0 Å². The minimum Gasteiger partial charge on any atom is -0.306 e. The van der Waals surface area contributed by atoms with Crippen molar-refractivity contribution in [1.29, 1.82) is 0 Å². The van der Waals surface area contributed by atoms with Crippen LogP contribution in [0.15, 0.2) is 12.3 Å². The van der Waals surface area contributed by atoms with Gasteiger partial charge in [0.15, 0.2) is 0 Å². The Hall–Kier alpha value is -0.830. The van der Waals surface area contributed by atoms with Crippen molar-refractivity contribution in [1.82, 2.24) is 15.5 Å². The van der Waals surface area contributed by atoms with E-state index in [0.29, 0.717) is 17.5 Å². The monoisotopic (exact) mass is 221 g/mol. The highest BCUT2D eigenvalue weighted by atomic mass is 15.1. The molecule has 0 spiro atoms. The summed E-state index contributed by atoms with van der Waals surface area (Å²) in [5.41, 5.74) is 1.74. The zero-order valence-electron chi connectivity index (χ0n) is 10.6. The average molecular weight is 221 g/mol. The minimum absolute atomic E-state index is 0.383. The first-order chi connectivity index (χ1) is 7.57. The van der Waals surface area contributed by atoms with Gasteiger partial charge in [0.1, 0.15) is 0 Å². The topological polar surface area (TPSA) is 40.7 Å². The predicted molar refractivity (Wildman–Crippen MR) is 66.2 cm³/mol. The maximum Gasteiger partial charge on any atom is 0.0518 e. The van der Waals surface area contributed by atoms with Gasteiger partial charge in [0.25, 0.3) is 0 Å². The van der Waals surface area contributed by atoms with Gasteiger partial charge in [-0.2, -0.15) is 5.10 Å². The third-order valence-corrected chi connectivity index (χ3v) is 3.81. The van der Waals surface area contributed by atoms with Gasteiger partial charge in [-0.05, 0) is 44.1 Å². The second kappa shape index (κ2) is 4.58. The molecule has 1 aliphatic rings. The Labute approximate surface area is 98.0 Å². The standard InChI is InChI=1S/C13H23N3/c1-10(12-6-9-14-16-12)15-11-4-7-13(2,3)8-5-11/h6,9-11,15H,4-5,7-8H2,1-3H3,(H,14,16). The number of nitrogens with zero attached hydrogens (tertiary/aromatic N) is 1. The first-order valence-electron chi connectivity index (χ1n) is 6.32. The second-order valence-corrected chi connectivity index (χ2v) is 5.84. The Balaban J connectivity index is 1.83. The van der Waals surface area contributed by atoms with E-state index in [4.69, 9.17) is 0 Å². The van der Waals surface area contributed by atoms with Crippen LogP contribution in [-0.4, -0.2) is 16.2 Å². The summed E-state index contributed by atoms with van der Waals surface area (Å²) in [5, 5.41) is 10.7. The average Bonchev–Trinajstić information content (AvgIpc) is 2.74. The van der Waals surface area contributed by atoms with E-state index >= 15 is 0 Å². The van der Waals surface area contributed by atoms with Crippen molar-refractivity contribution in [3.8, 4) is 0 Å². The molecule has 0 aromatic carbocycles. The van der Waals surface area contributed by atoms with Gasteiger partial charge in [-0.1, -0.05) is 13.8 Å². The van der Waals surface area contributed by atoms with Crippen LogP contribution in [0, 0.1) is 5.41 Å². The lowest BCUT2D eigenvalue weighted by Crippen LogP contribution is -2.37. The normalized spacial score (nSPS) is 23.2. The first kappa shape index (κ1) is 11.6. The van der Waals surface area contributed by atoms with Crippen molar-refractivity contribution in [2.75, 3.05) is 0 Å². The fraction of sp³-hybridized carbons (Fsp3) is 0.769. The molecule has 0 aliphatic heterocycles. The van der Waals surface area contributed by atoms with Gasteiger partial charge in [0.05, 0.1) is 5.69 Å². The molecule has 2 N–H and O–H groups in total. The molecule has 1 atom stereocenters. The summed E-state index contributed by atoms with van der Waals surface area (Å²) in [6.07, 6.45) is 7.08. The van der Waals surface area contributed by atoms with Crippen LogP contribution in [0.3, 0.4) is 0 Å². The zero-order valence-corrected chi connectivity index (χ0v) is 10.6. The highest BCUT2D eigenvalue weighted by Crippen LogP contribution is 2.35. The third-order valence-electron chi connectivity index (χ3n) is 3.81. The van der Waals surface area contributed by atoms with Crippen LogP contribution in [0.1, 0.15) is 58.2 Å². The van der Waals surface area contributed by atoms with Crippen LogP contribution in [0.5, 0.6) is 0 Å². The molecule has 1 fully saturated rings. The Kier molecular flexibility index (Phi) is 3.33. The molecule has 16 heavy (non-hydrogen) atoms. The number of H-pyrrole nitrogens is 1. The van der Waals surface area contributed by atoms with Crippen molar-refractivity contribution >= 4 is 0 Å². The fourth-order valence-corrected chi connectivity index (χ4v) is 2.52. The minimum atomic E-state index is 0.383. The molecule has 0 saturated heterocycles. The molecule has 1 aromatic heterocycles. The van der Waals surface area contributed by atoms with Crippen LogP contribution < -0.4 is 5.32 Å². The number of rotatable bonds is 3. The first-order valence-corrected chi connectivity index (χ1v) is 6.32. The van der Waals surface area contributed by atoms with Crippen molar-refractivity contribution < 1.29 is 0 Å². The number of hydrogen-bond acceptors (Lipinski definition) is 2. The van der Waals surface area contributed by atoms with E-state index in [1.54, 1.807) is 0 Å². The Bertz CT molecular complexity index is 306. The van der Waals surface area contributed by atoms with Crippen molar-refractivity contribution in [2.24, 2.45) is 5.41 Å². The molecule has 1 saturated carbocycles. The molecule has 2 rings (SSSR count). The lowest BCUT2D eigenvalue weighted by molar-refractivity contribution is 0.199. The molecule has 90 valence electrons. The molecule has 0 radical (unpaired) electrons. The smallest absolute Gasteiger partial charge is 0.0518 e. The van der Waals surface area contributed by atoms with Crippen LogP contribution in [0.2, 0.25) is 0 Å². The predicted octanol–water partition coefficient (Wildman–Crippen LogP) is 3.03. The van der Waals surface area contributed by atoms with Gasteiger partial charge < -0.3 is 5.32 Å². The molecular formula is C13H23N3. The summed E-state index contributed by atoms with van der Waals surface area (Å²) in [4.78, 5) is 0. The second-order valence-electron chi connectivity index (χ2n) is 5.84. The highest BCUT2D eigenvalue weighted by Gasteiger charge is 2.27. The summed E-state index contributed by atoms with van der Waals surface area (Å²) >= 11 is 0. The summed E-state index contributed by atoms with van der Waals surface area (Å²) < 4.78 is 0. The molecule has 1 aliphatic carbocycles. The maximum absolute atomic E-state index is 3.99. The van der Waals surface area contributed by atoms with Crippen molar-refractivity contribution in [3.05, 3.63) is 18.0 Å². The molecule has 1 heterocycles. The van der Waals surface area contributed by atoms with Crippen molar-refractivity contribution in [3.63, 3.8) is 0 Å². The quantitative estimate of drug-likeness (QED) is 0.823. The summed E-state index contributed by atoms with van der Waals surface area (Å²) in [7, 11) is 0. The van der Waals surface area contributed by atoms with Crippen LogP contribution in [-0.2, 0) is 0 Å². The van der Waals surface area contributed by atoms with E-state index < -0.39 is 0 Å². The van der Waals surface area contributed by atoms with Gasteiger partial charge in [0.2, 0.25) is 0 Å². The lowest BCUT2D eigenvalue weighted by atomic mass is 9.75. The van der Waals surface area contributed by atoms with Crippen molar-refractivity contribution in [2.45, 2.75) is 58.5 Å².